The molecule has 5 rings (SSSR count). The van der Waals surface area contributed by atoms with Gasteiger partial charge in [0.25, 0.3) is 0 Å². The summed E-state index contributed by atoms with van der Waals surface area (Å²) in [7, 11) is 0. The van der Waals surface area contributed by atoms with Crippen molar-refractivity contribution >= 4 is 21.8 Å². The molecule has 0 radical (unpaired) electrons. The quantitative estimate of drug-likeness (QED) is 0.401. The Balaban J connectivity index is 1.93. The highest BCUT2D eigenvalue weighted by molar-refractivity contribution is 5.93. The number of nitrogens with zero attached hydrogens (tertiary/aromatic N) is 4. The van der Waals surface area contributed by atoms with Crippen LogP contribution in [0.5, 0.6) is 0 Å². The third kappa shape index (κ3) is 2.68. The van der Waals surface area contributed by atoms with Crippen LogP contribution in [0, 0.1) is 25.5 Å². The monoisotopic (exact) mass is 386 g/mol. The van der Waals surface area contributed by atoms with Crippen LogP contribution in [0.15, 0.2) is 60.8 Å². The normalized spacial score (nSPS) is 11.4. The second-order valence-corrected chi connectivity index (χ2v) is 6.96. The van der Waals surface area contributed by atoms with Crippen molar-refractivity contribution in [2.45, 2.75) is 13.8 Å². The van der Waals surface area contributed by atoms with E-state index in [1.54, 1.807) is 35.1 Å². The van der Waals surface area contributed by atoms with Crippen LogP contribution in [-0.2, 0) is 0 Å². The first-order valence-electron chi connectivity index (χ1n) is 9.20. The molecule has 0 saturated carbocycles. The van der Waals surface area contributed by atoms with E-state index in [9.17, 15) is 4.39 Å². The second kappa shape index (κ2) is 6.44. The van der Waals surface area contributed by atoms with Crippen molar-refractivity contribution in [1.82, 2.24) is 19.7 Å². The van der Waals surface area contributed by atoms with Crippen LogP contribution in [0.2, 0.25) is 0 Å². The molecule has 5 aromatic rings. The van der Waals surface area contributed by atoms with E-state index in [1.165, 1.54) is 12.1 Å². The average molecular weight is 386 g/mol. The van der Waals surface area contributed by atoms with Gasteiger partial charge in [-0.3, -0.25) is 4.98 Å². The van der Waals surface area contributed by atoms with Gasteiger partial charge in [-0.05, 0) is 38.1 Å². The molecule has 0 saturated heterocycles. The van der Waals surface area contributed by atoms with Crippen LogP contribution in [0.3, 0.4) is 0 Å². The summed E-state index contributed by atoms with van der Waals surface area (Å²) < 4.78 is 31.9. The first kappa shape index (κ1) is 17.4. The van der Waals surface area contributed by atoms with Crippen molar-refractivity contribution in [3.8, 4) is 16.9 Å². The van der Waals surface area contributed by atoms with Crippen molar-refractivity contribution in [1.29, 1.82) is 0 Å². The van der Waals surface area contributed by atoms with Gasteiger partial charge in [-0.25, -0.2) is 18.4 Å². The average Bonchev–Trinajstić information content (AvgIpc) is 3.03. The number of rotatable bonds is 2. The molecule has 0 aliphatic carbocycles. The predicted octanol–water partition coefficient (Wildman–Crippen LogP) is 5.53. The highest BCUT2D eigenvalue weighted by Crippen LogP contribution is 2.34. The number of pyridine rings is 2. The summed E-state index contributed by atoms with van der Waals surface area (Å²) in [5.41, 5.74) is 3.16. The zero-order chi connectivity index (χ0) is 20.1. The zero-order valence-electron chi connectivity index (χ0n) is 15.8. The molecule has 0 aliphatic heterocycles. The number of para-hydroxylation sites is 1. The molecule has 0 amide bonds. The lowest BCUT2D eigenvalue weighted by molar-refractivity contribution is 0.604. The molecule has 3 aromatic heterocycles. The zero-order valence-corrected chi connectivity index (χ0v) is 15.8. The Morgan fingerprint density at radius 3 is 2.48 bits per heavy atom. The van der Waals surface area contributed by atoms with Gasteiger partial charge in [0.15, 0.2) is 5.82 Å². The lowest BCUT2D eigenvalue weighted by atomic mass is 10.1. The van der Waals surface area contributed by atoms with Gasteiger partial charge in [-0.15, -0.1) is 0 Å². The van der Waals surface area contributed by atoms with Crippen LogP contribution >= 0.6 is 0 Å². The number of hydrogen-bond donors (Lipinski definition) is 0. The minimum atomic E-state index is -0.618. The molecular weight excluding hydrogens is 370 g/mol. The second-order valence-electron chi connectivity index (χ2n) is 6.96. The third-order valence-corrected chi connectivity index (χ3v) is 5.03. The van der Waals surface area contributed by atoms with E-state index in [-0.39, 0.29) is 16.9 Å². The fourth-order valence-electron chi connectivity index (χ4n) is 3.64. The Morgan fingerprint density at radius 1 is 0.897 bits per heavy atom. The molecule has 6 heteroatoms. The molecule has 0 atom stereocenters. The Kier molecular flexibility index (Phi) is 3.87. The number of hydrogen-bond acceptors (Lipinski definition) is 3. The lowest BCUT2D eigenvalue weighted by Gasteiger charge is -2.13. The highest BCUT2D eigenvalue weighted by Gasteiger charge is 2.22. The summed E-state index contributed by atoms with van der Waals surface area (Å²) in [5, 5.41) is 6.02. The largest absolute Gasteiger partial charge is 0.261 e. The third-order valence-electron chi connectivity index (χ3n) is 5.03. The number of aryl methyl sites for hydroxylation is 2. The summed E-state index contributed by atoms with van der Waals surface area (Å²) in [6, 6.07) is 15.1. The number of benzene rings is 2. The van der Waals surface area contributed by atoms with E-state index >= 15 is 4.39 Å². The first-order valence-corrected chi connectivity index (χ1v) is 9.20. The molecule has 0 N–H and O–H groups in total. The van der Waals surface area contributed by atoms with Crippen LogP contribution in [0.1, 0.15) is 11.4 Å². The van der Waals surface area contributed by atoms with E-state index in [1.807, 2.05) is 32.0 Å². The molecular formula is C23H16F2N4. The van der Waals surface area contributed by atoms with Crippen molar-refractivity contribution < 1.29 is 8.78 Å². The van der Waals surface area contributed by atoms with Gasteiger partial charge in [0, 0.05) is 28.2 Å². The maximum atomic E-state index is 15.9. The minimum Gasteiger partial charge on any atom is -0.261 e. The summed E-state index contributed by atoms with van der Waals surface area (Å²) in [6.45, 7) is 3.73. The maximum absolute atomic E-state index is 15.9. The van der Waals surface area contributed by atoms with E-state index in [0.29, 0.717) is 10.9 Å². The standard InChI is InChI=1S/C23H16F2N4/c1-13-11-20-17(12-26-13)14(2)28-29(20)23-16-8-4-6-10-19(16)27-22(21(23)25)15-7-3-5-9-18(15)24/h3-12H,1-2H3. The molecule has 0 fully saturated rings. The Bertz CT molecular complexity index is 1410. The predicted molar refractivity (Wildman–Crippen MR) is 109 cm³/mol. The Morgan fingerprint density at radius 2 is 1.66 bits per heavy atom. The van der Waals surface area contributed by atoms with E-state index in [4.69, 9.17) is 0 Å². The number of halogens is 2. The van der Waals surface area contributed by atoms with E-state index < -0.39 is 11.6 Å². The topological polar surface area (TPSA) is 43.6 Å². The molecule has 3 heterocycles. The summed E-state index contributed by atoms with van der Waals surface area (Å²) in [6.07, 6.45) is 1.74. The minimum absolute atomic E-state index is 0.0381. The summed E-state index contributed by atoms with van der Waals surface area (Å²) in [5.74, 6) is -1.14. The van der Waals surface area contributed by atoms with Gasteiger partial charge in [-0.1, -0.05) is 30.3 Å². The van der Waals surface area contributed by atoms with Gasteiger partial charge in [0.2, 0.25) is 0 Å². The van der Waals surface area contributed by atoms with Gasteiger partial charge in [-0.2, -0.15) is 5.10 Å². The van der Waals surface area contributed by atoms with Crippen LogP contribution < -0.4 is 0 Å². The number of aromatic nitrogens is 4. The van der Waals surface area contributed by atoms with E-state index in [2.05, 4.69) is 15.1 Å². The molecule has 2 aromatic carbocycles. The van der Waals surface area contributed by atoms with E-state index in [0.717, 1.165) is 22.3 Å². The van der Waals surface area contributed by atoms with Crippen molar-refractivity contribution in [2.24, 2.45) is 0 Å². The van der Waals surface area contributed by atoms with Crippen molar-refractivity contribution in [3.63, 3.8) is 0 Å². The van der Waals surface area contributed by atoms with Crippen LogP contribution in [0.4, 0.5) is 8.78 Å². The summed E-state index contributed by atoms with van der Waals surface area (Å²) in [4.78, 5) is 8.76. The number of fused-ring (bicyclic) bond motifs is 2. The lowest BCUT2D eigenvalue weighted by Crippen LogP contribution is -2.06. The Hall–Kier alpha value is -3.67. The molecule has 0 bridgehead atoms. The smallest absolute Gasteiger partial charge is 0.175 e. The highest BCUT2D eigenvalue weighted by atomic mass is 19.1. The van der Waals surface area contributed by atoms with Gasteiger partial charge in [0.1, 0.15) is 17.2 Å². The van der Waals surface area contributed by atoms with Crippen LogP contribution in [-0.4, -0.2) is 19.7 Å². The fraction of sp³-hybridized carbons (Fsp3) is 0.0870. The molecule has 0 unspecified atom stereocenters. The molecule has 29 heavy (non-hydrogen) atoms. The van der Waals surface area contributed by atoms with Crippen molar-refractivity contribution in [3.05, 3.63) is 83.8 Å². The fourth-order valence-corrected chi connectivity index (χ4v) is 3.64. The molecule has 4 nitrogen and oxygen atoms in total. The van der Waals surface area contributed by atoms with Crippen molar-refractivity contribution in [2.75, 3.05) is 0 Å². The van der Waals surface area contributed by atoms with Gasteiger partial charge < -0.3 is 0 Å². The molecule has 142 valence electrons. The SMILES string of the molecule is Cc1cc2c(cn1)c(C)nn2-c1c(F)c(-c2ccccc2F)nc2ccccc12. The molecule has 0 aliphatic rings. The first-order chi connectivity index (χ1) is 14.0. The van der Waals surface area contributed by atoms with Crippen LogP contribution in [0.25, 0.3) is 38.8 Å². The molecule has 0 spiro atoms. The van der Waals surface area contributed by atoms with Gasteiger partial charge >= 0.3 is 0 Å². The van der Waals surface area contributed by atoms with Gasteiger partial charge in [0.05, 0.1) is 16.7 Å². The summed E-state index contributed by atoms with van der Waals surface area (Å²) >= 11 is 0. The Labute approximate surface area is 165 Å². The maximum Gasteiger partial charge on any atom is 0.175 e.